The lowest BCUT2D eigenvalue weighted by Gasteiger charge is -2.31. The Morgan fingerprint density at radius 2 is 2.14 bits per heavy atom. The lowest BCUT2D eigenvalue weighted by atomic mass is 10.1. The Kier molecular flexibility index (Phi) is 4.24. The molecule has 1 fully saturated rings. The SMILES string of the molecule is Cc1c(C(=O)N2CCNC(C)C2)cnn1Cc1ccccc1. The van der Waals surface area contributed by atoms with E-state index in [1.807, 2.05) is 34.7 Å². The zero-order valence-electron chi connectivity index (χ0n) is 13.1. The van der Waals surface area contributed by atoms with E-state index in [-0.39, 0.29) is 5.91 Å². The van der Waals surface area contributed by atoms with Crippen molar-refractivity contribution in [3.63, 3.8) is 0 Å². The van der Waals surface area contributed by atoms with E-state index in [1.54, 1.807) is 6.20 Å². The van der Waals surface area contributed by atoms with Crippen molar-refractivity contribution in [3.8, 4) is 0 Å². The number of carbonyl (C=O) groups excluding carboxylic acids is 1. The fourth-order valence-corrected chi connectivity index (χ4v) is 2.86. The number of nitrogens with zero attached hydrogens (tertiary/aromatic N) is 3. The first-order valence-electron chi connectivity index (χ1n) is 7.74. The number of hydrogen-bond donors (Lipinski definition) is 1. The summed E-state index contributed by atoms with van der Waals surface area (Å²) < 4.78 is 1.90. The van der Waals surface area contributed by atoms with E-state index in [2.05, 4.69) is 29.5 Å². The van der Waals surface area contributed by atoms with Crippen LogP contribution in [-0.4, -0.2) is 46.3 Å². The van der Waals surface area contributed by atoms with Gasteiger partial charge in [-0.05, 0) is 19.4 Å². The van der Waals surface area contributed by atoms with Crippen molar-refractivity contribution in [3.05, 3.63) is 53.3 Å². The maximum atomic E-state index is 12.7. The van der Waals surface area contributed by atoms with Gasteiger partial charge in [0, 0.05) is 31.4 Å². The number of piperazine rings is 1. The minimum Gasteiger partial charge on any atom is -0.336 e. The zero-order valence-corrected chi connectivity index (χ0v) is 13.1. The number of benzene rings is 1. The molecule has 0 bridgehead atoms. The summed E-state index contributed by atoms with van der Waals surface area (Å²) in [6, 6.07) is 10.5. The number of amides is 1. The number of carbonyl (C=O) groups is 1. The monoisotopic (exact) mass is 298 g/mol. The largest absolute Gasteiger partial charge is 0.336 e. The van der Waals surface area contributed by atoms with Crippen LogP contribution in [0.2, 0.25) is 0 Å². The topological polar surface area (TPSA) is 50.2 Å². The van der Waals surface area contributed by atoms with E-state index in [0.717, 1.165) is 25.3 Å². The summed E-state index contributed by atoms with van der Waals surface area (Å²) in [7, 11) is 0. The van der Waals surface area contributed by atoms with E-state index in [4.69, 9.17) is 0 Å². The van der Waals surface area contributed by atoms with Crippen LogP contribution in [0.15, 0.2) is 36.5 Å². The van der Waals surface area contributed by atoms with Crippen LogP contribution in [-0.2, 0) is 6.54 Å². The molecule has 1 aromatic carbocycles. The van der Waals surface area contributed by atoms with Gasteiger partial charge in [0.2, 0.25) is 0 Å². The molecule has 1 aromatic heterocycles. The Hall–Kier alpha value is -2.14. The molecule has 2 aromatic rings. The van der Waals surface area contributed by atoms with Crippen LogP contribution in [0.4, 0.5) is 0 Å². The highest BCUT2D eigenvalue weighted by atomic mass is 16.2. The van der Waals surface area contributed by atoms with E-state index in [9.17, 15) is 4.79 Å². The normalized spacial score (nSPS) is 18.5. The molecule has 1 saturated heterocycles. The number of aromatic nitrogens is 2. The van der Waals surface area contributed by atoms with Crippen LogP contribution in [0.1, 0.15) is 28.5 Å². The first kappa shape index (κ1) is 14.8. The summed E-state index contributed by atoms with van der Waals surface area (Å²) in [6.07, 6.45) is 1.70. The minimum atomic E-state index is 0.0881. The molecule has 3 rings (SSSR count). The molecule has 5 heteroatoms. The van der Waals surface area contributed by atoms with Gasteiger partial charge in [0.25, 0.3) is 5.91 Å². The Morgan fingerprint density at radius 1 is 1.36 bits per heavy atom. The van der Waals surface area contributed by atoms with Gasteiger partial charge < -0.3 is 10.2 Å². The van der Waals surface area contributed by atoms with Gasteiger partial charge in [-0.3, -0.25) is 9.48 Å². The molecule has 116 valence electrons. The van der Waals surface area contributed by atoms with Crippen molar-refractivity contribution < 1.29 is 4.79 Å². The Labute approximate surface area is 130 Å². The molecular formula is C17H22N4O. The van der Waals surface area contributed by atoms with Gasteiger partial charge in [-0.15, -0.1) is 0 Å². The molecule has 1 atom stereocenters. The summed E-state index contributed by atoms with van der Waals surface area (Å²) in [4.78, 5) is 14.6. The van der Waals surface area contributed by atoms with Crippen molar-refractivity contribution in [2.24, 2.45) is 0 Å². The van der Waals surface area contributed by atoms with Crippen molar-refractivity contribution in [1.29, 1.82) is 0 Å². The maximum Gasteiger partial charge on any atom is 0.257 e. The van der Waals surface area contributed by atoms with E-state index in [0.29, 0.717) is 18.2 Å². The van der Waals surface area contributed by atoms with Crippen LogP contribution < -0.4 is 5.32 Å². The van der Waals surface area contributed by atoms with Gasteiger partial charge in [0.1, 0.15) is 0 Å². The van der Waals surface area contributed by atoms with Crippen LogP contribution in [0.3, 0.4) is 0 Å². The van der Waals surface area contributed by atoms with Gasteiger partial charge in [0.15, 0.2) is 0 Å². The lowest BCUT2D eigenvalue weighted by molar-refractivity contribution is 0.0708. The number of rotatable bonds is 3. The molecule has 0 spiro atoms. The lowest BCUT2D eigenvalue weighted by Crippen LogP contribution is -2.51. The van der Waals surface area contributed by atoms with Crippen molar-refractivity contribution in [1.82, 2.24) is 20.0 Å². The second-order valence-corrected chi connectivity index (χ2v) is 5.89. The fraction of sp³-hybridized carbons (Fsp3) is 0.412. The summed E-state index contributed by atoms with van der Waals surface area (Å²) in [6.45, 7) is 7.12. The molecule has 1 unspecified atom stereocenters. The van der Waals surface area contributed by atoms with Crippen molar-refractivity contribution in [2.75, 3.05) is 19.6 Å². The summed E-state index contributed by atoms with van der Waals surface area (Å²) in [5, 5.41) is 7.76. The van der Waals surface area contributed by atoms with E-state index < -0.39 is 0 Å². The Balaban J connectivity index is 1.76. The van der Waals surface area contributed by atoms with Gasteiger partial charge in [0.05, 0.1) is 18.3 Å². The molecule has 0 saturated carbocycles. The third-order valence-corrected chi connectivity index (χ3v) is 4.16. The Bertz CT molecular complexity index is 650. The van der Waals surface area contributed by atoms with Gasteiger partial charge in [-0.25, -0.2) is 0 Å². The average Bonchev–Trinajstić information content (AvgIpc) is 2.89. The molecule has 1 N–H and O–H groups in total. The highest BCUT2D eigenvalue weighted by Gasteiger charge is 2.24. The predicted octanol–water partition coefficient (Wildman–Crippen LogP) is 1.67. The highest BCUT2D eigenvalue weighted by molar-refractivity contribution is 5.95. The predicted molar refractivity (Wildman–Crippen MR) is 85.9 cm³/mol. The Morgan fingerprint density at radius 3 is 2.86 bits per heavy atom. The first-order chi connectivity index (χ1) is 10.6. The maximum absolute atomic E-state index is 12.7. The summed E-state index contributed by atoms with van der Waals surface area (Å²) in [5.41, 5.74) is 2.83. The molecule has 0 aliphatic carbocycles. The average molecular weight is 298 g/mol. The molecule has 0 radical (unpaired) electrons. The van der Waals surface area contributed by atoms with Crippen LogP contribution >= 0.6 is 0 Å². The van der Waals surface area contributed by atoms with Crippen molar-refractivity contribution >= 4 is 5.91 Å². The smallest absolute Gasteiger partial charge is 0.257 e. The molecule has 22 heavy (non-hydrogen) atoms. The molecule has 1 aliphatic heterocycles. The second kappa shape index (κ2) is 6.32. The first-order valence-corrected chi connectivity index (χ1v) is 7.74. The van der Waals surface area contributed by atoms with E-state index >= 15 is 0 Å². The standard InChI is InChI=1S/C17H22N4O/c1-13-11-20(9-8-18-13)17(22)16-10-19-21(14(16)2)12-15-6-4-3-5-7-15/h3-7,10,13,18H,8-9,11-12H2,1-2H3. The third-order valence-electron chi connectivity index (χ3n) is 4.16. The quantitative estimate of drug-likeness (QED) is 0.938. The third kappa shape index (κ3) is 3.04. The van der Waals surface area contributed by atoms with Gasteiger partial charge in [-0.2, -0.15) is 5.10 Å². The number of nitrogens with one attached hydrogen (secondary N) is 1. The van der Waals surface area contributed by atoms with Gasteiger partial charge >= 0.3 is 0 Å². The minimum absolute atomic E-state index is 0.0881. The summed E-state index contributed by atoms with van der Waals surface area (Å²) >= 11 is 0. The molecular weight excluding hydrogens is 276 g/mol. The molecule has 1 aliphatic rings. The van der Waals surface area contributed by atoms with Crippen LogP contribution in [0.5, 0.6) is 0 Å². The molecule has 5 nitrogen and oxygen atoms in total. The van der Waals surface area contributed by atoms with E-state index in [1.165, 1.54) is 5.56 Å². The molecule has 2 heterocycles. The summed E-state index contributed by atoms with van der Waals surface area (Å²) in [5.74, 6) is 0.0881. The zero-order chi connectivity index (χ0) is 15.5. The second-order valence-electron chi connectivity index (χ2n) is 5.89. The van der Waals surface area contributed by atoms with Crippen LogP contribution in [0.25, 0.3) is 0 Å². The highest BCUT2D eigenvalue weighted by Crippen LogP contribution is 2.14. The fourth-order valence-electron chi connectivity index (χ4n) is 2.86. The molecule has 1 amide bonds. The van der Waals surface area contributed by atoms with Crippen molar-refractivity contribution in [2.45, 2.75) is 26.4 Å². The van der Waals surface area contributed by atoms with Crippen LogP contribution in [0, 0.1) is 6.92 Å². The number of hydrogen-bond acceptors (Lipinski definition) is 3. The van der Waals surface area contributed by atoms with Gasteiger partial charge in [-0.1, -0.05) is 30.3 Å².